The molecule has 3 aromatic rings. The fourth-order valence-electron chi connectivity index (χ4n) is 3.89. The molecule has 0 aliphatic carbocycles. The molecule has 0 saturated carbocycles. The van der Waals surface area contributed by atoms with Gasteiger partial charge in [-0.05, 0) is 41.5 Å². The molecule has 3 aromatic carbocycles. The third kappa shape index (κ3) is 5.92. The fraction of sp³-hybridized carbons (Fsp3) is 0.308. The Kier molecular flexibility index (Phi) is 7.62. The average molecular weight is 468 g/mol. The smallest absolute Gasteiger partial charge is 0.232 e. The Morgan fingerprint density at radius 3 is 2.82 bits per heavy atom. The number of carbonyl (C=O) groups excluding carboxylic acids is 2. The van der Waals surface area contributed by atoms with Crippen molar-refractivity contribution < 1.29 is 23.5 Å². The van der Waals surface area contributed by atoms with Gasteiger partial charge in [0.25, 0.3) is 0 Å². The maximum atomic E-state index is 13.5. The molecule has 0 spiro atoms. The number of halogens is 1. The molecule has 7 heteroatoms. The lowest BCUT2D eigenvalue weighted by atomic mass is 10.1. The number of amides is 1. The van der Waals surface area contributed by atoms with Crippen molar-refractivity contribution in [3.05, 3.63) is 77.6 Å². The van der Waals surface area contributed by atoms with E-state index in [9.17, 15) is 14.0 Å². The average Bonchev–Trinajstić information content (AvgIpc) is 2.83. The number of fused-ring (bicyclic) bond motifs is 1. The minimum atomic E-state index is -0.487. The summed E-state index contributed by atoms with van der Waals surface area (Å²) in [4.78, 5) is 26.3. The number of Topliss-reactive ketones (excluding diaryl/α,β-unsaturated/α-hetero) is 1. The first-order chi connectivity index (χ1) is 16.0. The van der Waals surface area contributed by atoms with Crippen LogP contribution in [0, 0.1) is 5.82 Å². The molecule has 0 aromatic heterocycles. The van der Waals surface area contributed by atoms with Crippen molar-refractivity contribution in [2.75, 3.05) is 32.1 Å². The largest absolute Gasteiger partial charge is 0.490 e. The van der Waals surface area contributed by atoms with Gasteiger partial charge in [-0.15, -0.1) is 11.8 Å². The predicted molar refractivity (Wildman–Crippen MR) is 128 cm³/mol. The third-order valence-electron chi connectivity index (χ3n) is 5.60. The molecule has 4 rings (SSSR count). The topological polar surface area (TPSA) is 55.8 Å². The van der Waals surface area contributed by atoms with E-state index in [2.05, 4.69) is 24.3 Å². The standard InChI is InChI=1S/C26H26FNO4S/c1-18(29)24-13-21(27)9-10-25(24)32-15-22-14-28(11-12-31-22)26(30)17-33-16-20-7-4-6-19-5-2-3-8-23(19)20/h2-10,13,22H,11-12,14-17H2,1H3. The highest BCUT2D eigenvalue weighted by Gasteiger charge is 2.25. The van der Waals surface area contributed by atoms with Crippen LogP contribution in [-0.2, 0) is 15.3 Å². The van der Waals surface area contributed by atoms with Crippen LogP contribution in [0.4, 0.5) is 4.39 Å². The van der Waals surface area contributed by atoms with Gasteiger partial charge in [0.05, 0.1) is 24.5 Å². The normalized spacial score (nSPS) is 16.1. The van der Waals surface area contributed by atoms with Gasteiger partial charge < -0.3 is 14.4 Å². The molecule has 0 bridgehead atoms. The van der Waals surface area contributed by atoms with Crippen molar-refractivity contribution in [1.82, 2.24) is 4.90 Å². The molecule has 0 N–H and O–H groups in total. The van der Waals surface area contributed by atoms with E-state index in [1.165, 1.54) is 41.5 Å². The minimum absolute atomic E-state index is 0.0692. The second-order valence-corrected chi connectivity index (χ2v) is 8.96. The summed E-state index contributed by atoms with van der Waals surface area (Å²) in [6.45, 7) is 2.94. The molecule has 1 heterocycles. The van der Waals surface area contributed by atoms with Crippen LogP contribution in [0.1, 0.15) is 22.8 Å². The molecule has 0 radical (unpaired) electrons. The Bertz CT molecular complexity index is 1150. The van der Waals surface area contributed by atoms with E-state index in [0.717, 1.165) is 5.75 Å². The summed E-state index contributed by atoms with van der Waals surface area (Å²) in [7, 11) is 0. The van der Waals surface area contributed by atoms with E-state index < -0.39 is 5.82 Å². The number of hydrogen-bond acceptors (Lipinski definition) is 5. The Morgan fingerprint density at radius 1 is 1.15 bits per heavy atom. The van der Waals surface area contributed by atoms with Crippen molar-refractivity contribution in [3.63, 3.8) is 0 Å². The van der Waals surface area contributed by atoms with Gasteiger partial charge in [0, 0.05) is 12.3 Å². The molecule has 5 nitrogen and oxygen atoms in total. The summed E-state index contributed by atoms with van der Waals surface area (Å²) >= 11 is 1.60. The van der Waals surface area contributed by atoms with E-state index >= 15 is 0 Å². The highest BCUT2D eigenvalue weighted by Crippen LogP contribution is 2.24. The van der Waals surface area contributed by atoms with Crippen molar-refractivity contribution in [3.8, 4) is 5.75 Å². The second-order valence-electron chi connectivity index (χ2n) is 7.97. The van der Waals surface area contributed by atoms with Gasteiger partial charge in [0.2, 0.25) is 5.91 Å². The van der Waals surface area contributed by atoms with E-state index in [0.29, 0.717) is 31.2 Å². The van der Waals surface area contributed by atoms with Crippen molar-refractivity contribution in [2.45, 2.75) is 18.8 Å². The van der Waals surface area contributed by atoms with E-state index in [-0.39, 0.29) is 30.0 Å². The number of morpholine rings is 1. The quantitative estimate of drug-likeness (QED) is 0.449. The van der Waals surface area contributed by atoms with Gasteiger partial charge in [-0.1, -0.05) is 42.5 Å². The first-order valence-corrected chi connectivity index (χ1v) is 12.0. The van der Waals surface area contributed by atoms with Gasteiger partial charge in [-0.3, -0.25) is 9.59 Å². The van der Waals surface area contributed by atoms with Crippen molar-refractivity contribution in [2.24, 2.45) is 0 Å². The number of hydrogen-bond donors (Lipinski definition) is 0. The predicted octanol–water partition coefficient (Wildman–Crippen LogP) is 4.72. The van der Waals surface area contributed by atoms with Crippen molar-refractivity contribution in [1.29, 1.82) is 0 Å². The summed E-state index contributed by atoms with van der Waals surface area (Å²) < 4.78 is 24.9. The van der Waals surface area contributed by atoms with Gasteiger partial charge in [0.15, 0.2) is 5.78 Å². The Labute approximate surface area is 196 Å². The molecule has 1 saturated heterocycles. The number of rotatable bonds is 8. The van der Waals surface area contributed by atoms with E-state index in [1.807, 2.05) is 18.2 Å². The van der Waals surface area contributed by atoms with Crippen LogP contribution in [0.2, 0.25) is 0 Å². The number of ether oxygens (including phenoxy) is 2. The number of nitrogens with zero attached hydrogens (tertiary/aromatic N) is 1. The number of carbonyl (C=O) groups is 2. The van der Waals surface area contributed by atoms with Gasteiger partial charge in [-0.2, -0.15) is 0 Å². The second kappa shape index (κ2) is 10.8. The van der Waals surface area contributed by atoms with Gasteiger partial charge >= 0.3 is 0 Å². The lowest BCUT2D eigenvalue weighted by Crippen LogP contribution is -2.48. The maximum absolute atomic E-state index is 13.5. The zero-order valence-electron chi connectivity index (χ0n) is 18.5. The monoisotopic (exact) mass is 467 g/mol. The molecule has 1 atom stereocenters. The molecule has 1 aliphatic rings. The molecule has 33 heavy (non-hydrogen) atoms. The highest BCUT2D eigenvalue weighted by atomic mass is 32.2. The Balaban J connectivity index is 1.28. The first kappa shape index (κ1) is 23.3. The van der Waals surface area contributed by atoms with Crippen LogP contribution in [0.3, 0.4) is 0 Å². The van der Waals surface area contributed by atoms with Crippen LogP contribution in [0.25, 0.3) is 10.8 Å². The van der Waals surface area contributed by atoms with E-state index in [1.54, 1.807) is 16.7 Å². The molecule has 172 valence electrons. The van der Waals surface area contributed by atoms with Gasteiger partial charge in [0.1, 0.15) is 24.3 Å². The molecular weight excluding hydrogens is 441 g/mol. The molecule has 1 amide bonds. The maximum Gasteiger partial charge on any atom is 0.232 e. The SMILES string of the molecule is CC(=O)c1cc(F)ccc1OCC1CN(C(=O)CSCc2cccc3ccccc23)CCO1. The lowest BCUT2D eigenvalue weighted by molar-refractivity contribution is -0.137. The molecular formula is C26H26FNO4S. The number of benzene rings is 3. The van der Waals surface area contributed by atoms with Crippen LogP contribution >= 0.6 is 11.8 Å². The summed E-state index contributed by atoms with van der Waals surface area (Å²) in [5, 5.41) is 2.42. The van der Waals surface area contributed by atoms with Crippen LogP contribution in [0.15, 0.2) is 60.7 Å². The third-order valence-corrected chi connectivity index (χ3v) is 6.57. The summed E-state index contributed by atoms with van der Waals surface area (Å²) in [5.41, 5.74) is 1.42. The number of thioether (sulfide) groups is 1. The van der Waals surface area contributed by atoms with Crippen molar-refractivity contribution >= 4 is 34.2 Å². The summed E-state index contributed by atoms with van der Waals surface area (Å²) in [5.74, 6) is 0.792. The Morgan fingerprint density at radius 2 is 1.97 bits per heavy atom. The van der Waals surface area contributed by atoms with E-state index in [4.69, 9.17) is 9.47 Å². The number of ketones is 1. The lowest BCUT2D eigenvalue weighted by Gasteiger charge is -2.33. The zero-order valence-corrected chi connectivity index (χ0v) is 19.3. The molecule has 1 fully saturated rings. The summed E-state index contributed by atoms with van der Waals surface area (Å²) in [6.07, 6.45) is -0.310. The first-order valence-electron chi connectivity index (χ1n) is 10.9. The zero-order chi connectivity index (χ0) is 23.2. The van der Waals surface area contributed by atoms with Crippen LogP contribution < -0.4 is 4.74 Å². The fourth-order valence-corrected chi connectivity index (χ4v) is 4.82. The van der Waals surface area contributed by atoms with Crippen LogP contribution in [-0.4, -0.2) is 54.8 Å². The minimum Gasteiger partial charge on any atom is -0.490 e. The highest BCUT2D eigenvalue weighted by molar-refractivity contribution is 7.99. The molecule has 1 aliphatic heterocycles. The van der Waals surface area contributed by atoms with Gasteiger partial charge in [-0.25, -0.2) is 4.39 Å². The summed E-state index contributed by atoms with van der Waals surface area (Å²) in [6, 6.07) is 18.4. The molecule has 1 unspecified atom stereocenters. The van der Waals surface area contributed by atoms with Crippen LogP contribution in [0.5, 0.6) is 5.75 Å². The Hall–Kier alpha value is -2.90.